The molecule has 2 N–H and O–H groups in total. The van der Waals surface area contributed by atoms with Gasteiger partial charge in [-0.15, -0.1) is 0 Å². The molecule has 6 nitrogen and oxygen atoms in total. The Morgan fingerprint density at radius 1 is 1.23 bits per heavy atom. The number of carbonyl (C=O) groups excluding carboxylic acids is 1. The first-order chi connectivity index (χ1) is 10.7. The van der Waals surface area contributed by atoms with E-state index >= 15 is 0 Å². The fraction of sp³-hybridized carbons (Fsp3) is 0.188. The topological polar surface area (TPSA) is 84.1 Å². The number of aromatic amines is 1. The minimum atomic E-state index is -0.479. The van der Waals surface area contributed by atoms with Gasteiger partial charge in [-0.05, 0) is 17.6 Å². The lowest BCUT2D eigenvalue weighted by Crippen LogP contribution is -2.24. The molecule has 1 heterocycles. The molecule has 2 aromatic rings. The summed E-state index contributed by atoms with van der Waals surface area (Å²) >= 11 is 0. The number of benzene rings is 1. The molecule has 0 unspecified atom stereocenters. The summed E-state index contributed by atoms with van der Waals surface area (Å²) < 4.78 is 5.06. The molecule has 0 saturated carbocycles. The smallest absolute Gasteiger partial charge is 0.407 e. The highest BCUT2D eigenvalue weighted by molar-refractivity contribution is 5.67. The molecule has 0 saturated heterocycles. The lowest BCUT2D eigenvalue weighted by Gasteiger charge is -2.05. The first kappa shape index (κ1) is 15.3. The third-order valence-corrected chi connectivity index (χ3v) is 2.63. The average Bonchev–Trinajstić information content (AvgIpc) is 2.55. The number of amides is 1. The zero-order valence-corrected chi connectivity index (χ0v) is 11.8. The number of ether oxygens (including phenoxy) is 1. The van der Waals surface area contributed by atoms with E-state index in [0.29, 0.717) is 18.7 Å². The molecule has 0 aliphatic rings. The quantitative estimate of drug-likeness (QED) is 0.660. The predicted octanol–water partition coefficient (Wildman–Crippen LogP) is 1.44. The van der Waals surface area contributed by atoms with E-state index in [2.05, 4.69) is 27.4 Å². The second-order valence-electron chi connectivity index (χ2n) is 4.35. The van der Waals surface area contributed by atoms with Gasteiger partial charge < -0.3 is 10.1 Å². The summed E-state index contributed by atoms with van der Waals surface area (Å²) in [7, 11) is 0. The van der Waals surface area contributed by atoms with Crippen molar-refractivity contribution in [3.8, 4) is 11.8 Å². The number of nitrogens with one attached hydrogen (secondary N) is 2. The third kappa shape index (κ3) is 5.51. The van der Waals surface area contributed by atoms with Crippen LogP contribution in [0.5, 0.6) is 0 Å². The van der Waals surface area contributed by atoms with Crippen LogP contribution in [-0.2, 0) is 11.3 Å². The highest BCUT2D eigenvalue weighted by Gasteiger charge is 2.00. The van der Waals surface area contributed by atoms with Crippen LogP contribution in [-0.4, -0.2) is 22.8 Å². The SMILES string of the molecule is O=C(NCCC#Cc1ccc(=O)[nH]n1)OCc1ccccc1. The average molecular weight is 297 g/mol. The van der Waals surface area contributed by atoms with E-state index in [1.54, 1.807) is 0 Å². The van der Waals surface area contributed by atoms with E-state index in [9.17, 15) is 9.59 Å². The van der Waals surface area contributed by atoms with Gasteiger partial charge in [-0.3, -0.25) is 4.79 Å². The molecule has 1 amide bonds. The monoisotopic (exact) mass is 297 g/mol. The zero-order valence-electron chi connectivity index (χ0n) is 11.8. The Hall–Kier alpha value is -3.07. The van der Waals surface area contributed by atoms with Crippen molar-refractivity contribution in [1.82, 2.24) is 15.5 Å². The molecule has 1 aromatic heterocycles. The third-order valence-electron chi connectivity index (χ3n) is 2.63. The Bertz CT molecular complexity index is 709. The zero-order chi connectivity index (χ0) is 15.6. The van der Waals surface area contributed by atoms with Crippen molar-refractivity contribution in [1.29, 1.82) is 0 Å². The number of carbonyl (C=O) groups is 1. The maximum absolute atomic E-state index is 11.5. The molecular formula is C16H15N3O3. The van der Waals surface area contributed by atoms with Crippen molar-refractivity contribution in [2.75, 3.05) is 6.54 Å². The number of aromatic nitrogens is 2. The molecule has 2 rings (SSSR count). The van der Waals surface area contributed by atoms with Crippen LogP contribution in [0.1, 0.15) is 17.7 Å². The van der Waals surface area contributed by atoms with Gasteiger partial charge in [-0.1, -0.05) is 36.3 Å². The molecule has 0 spiro atoms. The summed E-state index contributed by atoms with van der Waals surface area (Å²) in [6, 6.07) is 12.3. The maximum atomic E-state index is 11.5. The minimum absolute atomic E-state index is 0.236. The Morgan fingerprint density at radius 3 is 2.77 bits per heavy atom. The summed E-state index contributed by atoms with van der Waals surface area (Å²) in [5.41, 5.74) is 1.14. The Balaban J connectivity index is 1.65. The van der Waals surface area contributed by atoms with Crippen molar-refractivity contribution >= 4 is 6.09 Å². The van der Waals surface area contributed by atoms with E-state index in [1.807, 2.05) is 30.3 Å². The molecule has 6 heteroatoms. The lowest BCUT2D eigenvalue weighted by molar-refractivity contribution is 0.140. The van der Waals surface area contributed by atoms with E-state index in [0.717, 1.165) is 5.56 Å². The lowest BCUT2D eigenvalue weighted by atomic mass is 10.2. The molecule has 22 heavy (non-hydrogen) atoms. The van der Waals surface area contributed by atoms with Gasteiger partial charge in [0, 0.05) is 19.0 Å². The van der Waals surface area contributed by atoms with Crippen molar-refractivity contribution in [3.63, 3.8) is 0 Å². The Labute approximate surface area is 127 Å². The molecule has 0 aliphatic carbocycles. The highest BCUT2D eigenvalue weighted by Crippen LogP contribution is 2.00. The summed E-state index contributed by atoms with van der Waals surface area (Å²) in [4.78, 5) is 22.3. The summed E-state index contributed by atoms with van der Waals surface area (Å²) in [5.74, 6) is 5.63. The molecular weight excluding hydrogens is 282 g/mol. The maximum Gasteiger partial charge on any atom is 0.407 e. The van der Waals surface area contributed by atoms with Crippen LogP contribution >= 0.6 is 0 Å². The second-order valence-corrected chi connectivity index (χ2v) is 4.35. The molecule has 1 aromatic carbocycles. The highest BCUT2D eigenvalue weighted by atomic mass is 16.5. The minimum Gasteiger partial charge on any atom is -0.445 e. The Kier molecular flexibility index (Phi) is 5.76. The fourth-order valence-electron chi connectivity index (χ4n) is 1.57. The number of hydrogen-bond acceptors (Lipinski definition) is 4. The van der Waals surface area contributed by atoms with Crippen LogP contribution in [0.15, 0.2) is 47.3 Å². The van der Waals surface area contributed by atoms with Gasteiger partial charge in [-0.25, -0.2) is 9.89 Å². The van der Waals surface area contributed by atoms with Crippen molar-refractivity contribution in [3.05, 3.63) is 64.1 Å². The largest absolute Gasteiger partial charge is 0.445 e. The number of nitrogens with zero attached hydrogens (tertiary/aromatic N) is 1. The Morgan fingerprint density at radius 2 is 2.05 bits per heavy atom. The van der Waals surface area contributed by atoms with E-state index in [4.69, 9.17) is 4.74 Å². The molecule has 0 radical (unpaired) electrons. The van der Waals surface area contributed by atoms with Gasteiger partial charge >= 0.3 is 6.09 Å². The molecule has 112 valence electrons. The van der Waals surface area contributed by atoms with Crippen LogP contribution in [0.2, 0.25) is 0 Å². The van der Waals surface area contributed by atoms with Gasteiger partial charge in [0.1, 0.15) is 12.3 Å². The summed E-state index contributed by atoms with van der Waals surface area (Å²) in [5, 5.41) is 8.65. The van der Waals surface area contributed by atoms with Crippen LogP contribution in [0.3, 0.4) is 0 Å². The van der Waals surface area contributed by atoms with Gasteiger partial charge in [0.2, 0.25) is 0 Å². The number of H-pyrrole nitrogens is 1. The number of hydrogen-bond donors (Lipinski definition) is 2. The number of alkyl carbamates (subject to hydrolysis) is 1. The molecule has 0 atom stereocenters. The second kappa shape index (κ2) is 8.27. The van der Waals surface area contributed by atoms with Crippen molar-refractivity contribution in [2.24, 2.45) is 0 Å². The normalized spacial score (nSPS) is 9.45. The van der Waals surface area contributed by atoms with E-state index in [-0.39, 0.29) is 12.2 Å². The standard InChI is InChI=1S/C16H15N3O3/c20-15-10-9-14(18-19-15)8-4-5-11-17-16(21)22-12-13-6-2-1-3-7-13/h1-3,6-7,9-10H,5,11-12H2,(H,17,21)(H,19,20). The van der Waals surface area contributed by atoms with Crippen LogP contribution in [0.4, 0.5) is 4.79 Å². The van der Waals surface area contributed by atoms with Gasteiger partial charge in [0.05, 0.1) is 0 Å². The molecule has 0 fully saturated rings. The first-order valence-electron chi connectivity index (χ1n) is 6.73. The fourth-order valence-corrected chi connectivity index (χ4v) is 1.57. The van der Waals surface area contributed by atoms with Crippen LogP contribution < -0.4 is 10.9 Å². The van der Waals surface area contributed by atoms with Crippen molar-refractivity contribution < 1.29 is 9.53 Å². The van der Waals surface area contributed by atoms with Crippen molar-refractivity contribution in [2.45, 2.75) is 13.0 Å². The van der Waals surface area contributed by atoms with Gasteiger partial charge in [-0.2, -0.15) is 5.10 Å². The van der Waals surface area contributed by atoms with E-state index < -0.39 is 6.09 Å². The summed E-state index contributed by atoms with van der Waals surface area (Å²) in [6.07, 6.45) is -0.0193. The van der Waals surface area contributed by atoms with Gasteiger partial charge in [0.25, 0.3) is 5.56 Å². The van der Waals surface area contributed by atoms with Crippen LogP contribution in [0, 0.1) is 11.8 Å². The molecule has 0 bridgehead atoms. The predicted molar refractivity (Wildman–Crippen MR) is 81.0 cm³/mol. The number of rotatable bonds is 4. The first-order valence-corrected chi connectivity index (χ1v) is 6.73. The van der Waals surface area contributed by atoms with Gasteiger partial charge in [0.15, 0.2) is 0 Å². The van der Waals surface area contributed by atoms with E-state index in [1.165, 1.54) is 12.1 Å². The summed E-state index contributed by atoms with van der Waals surface area (Å²) in [6.45, 7) is 0.615. The molecule has 0 aliphatic heterocycles. The van der Waals surface area contributed by atoms with Crippen LogP contribution in [0.25, 0.3) is 0 Å².